The second-order valence-electron chi connectivity index (χ2n) is 8.10. The molecule has 0 spiro atoms. The van der Waals surface area contributed by atoms with Crippen LogP contribution in [0.2, 0.25) is 0 Å². The van der Waals surface area contributed by atoms with Crippen LogP contribution in [-0.2, 0) is 16.1 Å². The lowest BCUT2D eigenvalue weighted by Gasteiger charge is -2.38. The highest BCUT2D eigenvalue weighted by molar-refractivity contribution is 5.85. The largest absolute Gasteiger partial charge is 0.550 e. The number of benzene rings is 1. The number of rotatable bonds is 5. The number of amides is 1. The molecule has 0 aromatic heterocycles. The van der Waals surface area contributed by atoms with Gasteiger partial charge in [-0.15, -0.1) is 0 Å². The molecule has 0 radical (unpaired) electrons. The van der Waals surface area contributed by atoms with Crippen molar-refractivity contribution in [2.24, 2.45) is 11.8 Å². The maximum atomic E-state index is 13.1. The summed E-state index contributed by atoms with van der Waals surface area (Å²) in [4.78, 5) is 27.9. The fraction of sp³-hybridized carbons (Fsp3) is 0.545. The van der Waals surface area contributed by atoms with Gasteiger partial charge in [-0.1, -0.05) is 23.3 Å². The maximum Gasteiger partial charge on any atom is 0.227 e. The fourth-order valence-electron chi connectivity index (χ4n) is 4.33. The normalized spacial score (nSPS) is 23.6. The number of piperazine rings is 1. The number of ether oxygens (including phenoxy) is 1. The van der Waals surface area contributed by atoms with E-state index in [-0.39, 0.29) is 5.91 Å². The van der Waals surface area contributed by atoms with E-state index >= 15 is 0 Å². The molecule has 1 N–H and O–H groups in total. The van der Waals surface area contributed by atoms with E-state index < -0.39 is 17.8 Å². The number of allylic oxidation sites excluding steroid dienone is 2. The van der Waals surface area contributed by atoms with Crippen LogP contribution in [-0.4, -0.2) is 50.1 Å². The first kappa shape index (κ1) is 20.4. The summed E-state index contributed by atoms with van der Waals surface area (Å²) in [5.74, 6) is -1.48. The first-order valence-electron chi connectivity index (χ1n) is 10.0. The van der Waals surface area contributed by atoms with E-state index in [0.717, 1.165) is 36.5 Å². The van der Waals surface area contributed by atoms with Crippen molar-refractivity contribution < 1.29 is 24.3 Å². The van der Waals surface area contributed by atoms with Crippen LogP contribution in [0, 0.1) is 11.8 Å². The van der Waals surface area contributed by atoms with Gasteiger partial charge in [0.25, 0.3) is 0 Å². The Hall–Kier alpha value is -2.34. The Morgan fingerprint density at radius 2 is 1.79 bits per heavy atom. The average molecular weight is 386 g/mol. The molecule has 1 aromatic carbocycles. The zero-order valence-electron chi connectivity index (χ0n) is 17.0. The second kappa shape index (κ2) is 8.78. The minimum Gasteiger partial charge on any atom is -0.550 e. The summed E-state index contributed by atoms with van der Waals surface area (Å²) in [6.45, 7) is 7.89. The molecule has 1 aliphatic heterocycles. The summed E-state index contributed by atoms with van der Waals surface area (Å²) in [5.41, 5.74) is 3.43. The van der Waals surface area contributed by atoms with Crippen molar-refractivity contribution >= 4 is 11.9 Å². The Labute approximate surface area is 166 Å². The molecule has 0 unspecified atom stereocenters. The lowest BCUT2D eigenvalue weighted by molar-refractivity contribution is -0.917. The lowest BCUT2D eigenvalue weighted by Crippen LogP contribution is -3.13. The molecule has 1 saturated heterocycles. The van der Waals surface area contributed by atoms with Crippen molar-refractivity contribution in [3.63, 3.8) is 0 Å². The molecule has 0 saturated carbocycles. The SMILES string of the molecule is COc1cccc(C[NH+]2CCN(C(=O)[C@@H]3CC(C)=C(C)C[C@@H]3C(=O)[O-])CC2)c1. The third-order valence-electron chi connectivity index (χ3n) is 6.26. The van der Waals surface area contributed by atoms with Gasteiger partial charge in [-0.05, 0) is 38.8 Å². The van der Waals surface area contributed by atoms with Crippen molar-refractivity contribution in [3.8, 4) is 5.75 Å². The predicted octanol–water partition coefficient (Wildman–Crippen LogP) is 0.0348. The molecule has 6 heteroatoms. The van der Waals surface area contributed by atoms with Crippen LogP contribution in [0.25, 0.3) is 0 Å². The molecule has 1 amide bonds. The molecule has 2 atom stereocenters. The molecule has 1 aromatic rings. The van der Waals surface area contributed by atoms with Crippen molar-refractivity contribution in [1.29, 1.82) is 0 Å². The molecule has 0 bridgehead atoms. The van der Waals surface area contributed by atoms with Crippen LogP contribution < -0.4 is 14.7 Å². The van der Waals surface area contributed by atoms with Gasteiger partial charge in [0.2, 0.25) is 5.91 Å². The fourth-order valence-corrected chi connectivity index (χ4v) is 4.33. The number of nitrogens with one attached hydrogen (secondary N) is 1. The van der Waals surface area contributed by atoms with Gasteiger partial charge >= 0.3 is 0 Å². The Morgan fingerprint density at radius 3 is 2.39 bits per heavy atom. The van der Waals surface area contributed by atoms with Crippen LogP contribution in [0.15, 0.2) is 35.4 Å². The number of carbonyl (C=O) groups excluding carboxylic acids is 2. The highest BCUT2D eigenvalue weighted by Crippen LogP contribution is 2.35. The number of carboxylic acids is 1. The average Bonchev–Trinajstić information content (AvgIpc) is 2.69. The standard InChI is InChI=1S/C22H30N2O4/c1-15-11-19(20(22(26)27)12-16(15)2)21(25)24-9-7-23(8-10-24)14-17-5-4-6-18(13-17)28-3/h4-6,13,19-20H,7-12,14H2,1-3H3,(H,26,27)/t19-,20+/m1/s1. The van der Waals surface area contributed by atoms with E-state index in [1.807, 2.05) is 30.9 Å². The molecule has 1 heterocycles. The highest BCUT2D eigenvalue weighted by Gasteiger charge is 2.37. The highest BCUT2D eigenvalue weighted by atomic mass is 16.5. The van der Waals surface area contributed by atoms with Gasteiger partial charge in [-0.2, -0.15) is 0 Å². The zero-order chi connectivity index (χ0) is 20.3. The predicted molar refractivity (Wildman–Crippen MR) is 104 cm³/mol. The number of methoxy groups -OCH3 is 1. The third kappa shape index (κ3) is 4.55. The van der Waals surface area contributed by atoms with Crippen LogP contribution in [0.1, 0.15) is 32.3 Å². The quantitative estimate of drug-likeness (QED) is 0.725. The summed E-state index contributed by atoms with van der Waals surface area (Å²) in [6.07, 6.45) is 0.950. The Morgan fingerprint density at radius 1 is 1.14 bits per heavy atom. The number of carbonyl (C=O) groups is 2. The minimum atomic E-state index is -1.10. The van der Waals surface area contributed by atoms with Crippen LogP contribution in [0.3, 0.4) is 0 Å². The summed E-state index contributed by atoms with van der Waals surface area (Å²) < 4.78 is 5.29. The molecule has 1 aliphatic carbocycles. The Kier molecular flexibility index (Phi) is 6.39. The minimum absolute atomic E-state index is 0.0264. The summed E-state index contributed by atoms with van der Waals surface area (Å²) in [7, 11) is 1.67. The molecule has 2 aliphatic rings. The van der Waals surface area contributed by atoms with Crippen LogP contribution >= 0.6 is 0 Å². The first-order chi connectivity index (χ1) is 13.4. The molecule has 1 fully saturated rings. The van der Waals surface area contributed by atoms with Gasteiger partial charge in [-0.25, -0.2) is 0 Å². The van der Waals surface area contributed by atoms with Gasteiger partial charge in [0.15, 0.2) is 0 Å². The smallest absolute Gasteiger partial charge is 0.227 e. The van der Waals surface area contributed by atoms with Gasteiger partial charge < -0.3 is 24.4 Å². The number of hydrogen-bond acceptors (Lipinski definition) is 4. The first-order valence-corrected chi connectivity index (χ1v) is 10.0. The molecule has 6 nitrogen and oxygen atoms in total. The number of nitrogens with zero attached hydrogens (tertiary/aromatic N) is 1. The molecule has 152 valence electrons. The number of quaternary nitrogens is 1. The van der Waals surface area contributed by atoms with Gasteiger partial charge in [0, 0.05) is 17.5 Å². The van der Waals surface area contributed by atoms with E-state index in [0.29, 0.717) is 25.9 Å². The van der Waals surface area contributed by atoms with Gasteiger partial charge in [0.05, 0.1) is 39.2 Å². The molecular weight excluding hydrogens is 356 g/mol. The molecule has 28 heavy (non-hydrogen) atoms. The molecule has 3 rings (SSSR count). The second-order valence-corrected chi connectivity index (χ2v) is 8.10. The van der Waals surface area contributed by atoms with E-state index in [1.165, 1.54) is 10.5 Å². The van der Waals surface area contributed by atoms with Crippen molar-refractivity contribution in [2.75, 3.05) is 33.3 Å². The summed E-state index contributed by atoms with van der Waals surface area (Å²) in [6, 6.07) is 8.07. The Bertz CT molecular complexity index is 766. The lowest BCUT2D eigenvalue weighted by atomic mass is 9.76. The molecular formula is C22H30N2O4. The Balaban J connectivity index is 1.59. The maximum absolute atomic E-state index is 13.1. The van der Waals surface area contributed by atoms with Crippen LogP contribution in [0.5, 0.6) is 5.75 Å². The zero-order valence-corrected chi connectivity index (χ0v) is 17.0. The number of hydrogen-bond donors (Lipinski definition) is 1. The van der Waals surface area contributed by atoms with Gasteiger partial charge in [-0.3, -0.25) is 4.79 Å². The van der Waals surface area contributed by atoms with Crippen LogP contribution in [0.4, 0.5) is 0 Å². The monoisotopic (exact) mass is 386 g/mol. The summed E-state index contributed by atoms with van der Waals surface area (Å²) in [5, 5.41) is 11.6. The number of carboxylic acid groups (broad SMARTS) is 1. The van der Waals surface area contributed by atoms with E-state index in [9.17, 15) is 14.7 Å². The van der Waals surface area contributed by atoms with Crippen molar-refractivity contribution in [3.05, 3.63) is 41.0 Å². The van der Waals surface area contributed by atoms with E-state index in [2.05, 4.69) is 12.1 Å². The van der Waals surface area contributed by atoms with Crippen molar-refractivity contribution in [2.45, 2.75) is 33.2 Å². The van der Waals surface area contributed by atoms with E-state index in [4.69, 9.17) is 4.74 Å². The van der Waals surface area contributed by atoms with Gasteiger partial charge in [0.1, 0.15) is 12.3 Å². The van der Waals surface area contributed by atoms with E-state index in [1.54, 1.807) is 7.11 Å². The topological polar surface area (TPSA) is 74.1 Å². The number of aliphatic carboxylic acids is 1. The summed E-state index contributed by atoms with van der Waals surface area (Å²) >= 11 is 0. The third-order valence-corrected chi connectivity index (χ3v) is 6.26. The van der Waals surface area contributed by atoms with Crippen molar-refractivity contribution in [1.82, 2.24) is 4.90 Å².